The SMILES string of the molecule is O=C1CC(c2ccc(F)cc2)N(CCCO)N1. The van der Waals surface area contributed by atoms with Gasteiger partial charge in [-0.1, -0.05) is 12.1 Å². The Labute approximate surface area is 99.0 Å². The standard InChI is InChI=1S/C12H15FN2O2/c13-10-4-2-9(3-5-10)11-8-12(17)14-15(11)6-1-7-16/h2-5,11,16H,1,6-8H2,(H,14,17). The Kier molecular flexibility index (Phi) is 3.71. The van der Waals surface area contributed by atoms with Gasteiger partial charge in [-0.25, -0.2) is 9.40 Å². The van der Waals surface area contributed by atoms with Crippen LogP contribution in [0.15, 0.2) is 24.3 Å². The highest BCUT2D eigenvalue weighted by Gasteiger charge is 2.30. The summed E-state index contributed by atoms with van der Waals surface area (Å²) >= 11 is 0. The maximum atomic E-state index is 12.8. The third kappa shape index (κ3) is 2.81. The molecule has 1 amide bonds. The normalized spacial score (nSPS) is 20.6. The highest BCUT2D eigenvalue weighted by molar-refractivity contribution is 5.78. The van der Waals surface area contributed by atoms with E-state index in [0.29, 0.717) is 19.4 Å². The molecule has 0 aliphatic carbocycles. The van der Waals surface area contributed by atoms with Gasteiger partial charge in [-0.3, -0.25) is 10.2 Å². The number of nitrogens with zero attached hydrogens (tertiary/aromatic N) is 1. The fraction of sp³-hybridized carbons (Fsp3) is 0.417. The van der Waals surface area contributed by atoms with Gasteiger partial charge in [0, 0.05) is 19.6 Å². The second kappa shape index (κ2) is 5.25. The van der Waals surface area contributed by atoms with E-state index in [9.17, 15) is 9.18 Å². The first kappa shape index (κ1) is 12.0. The highest BCUT2D eigenvalue weighted by Crippen LogP contribution is 2.27. The van der Waals surface area contributed by atoms with E-state index in [-0.39, 0.29) is 24.4 Å². The van der Waals surface area contributed by atoms with Crippen molar-refractivity contribution in [3.05, 3.63) is 35.6 Å². The van der Waals surface area contributed by atoms with Crippen LogP contribution < -0.4 is 5.43 Å². The minimum atomic E-state index is -0.284. The minimum Gasteiger partial charge on any atom is -0.396 e. The quantitative estimate of drug-likeness (QED) is 0.822. The fourth-order valence-electron chi connectivity index (χ4n) is 2.01. The molecule has 0 saturated carbocycles. The number of hydrogen-bond acceptors (Lipinski definition) is 3. The number of halogens is 1. The van der Waals surface area contributed by atoms with Crippen LogP contribution in [-0.4, -0.2) is 29.2 Å². The monoisotopic (exact) mass is 238 g/mol. The van der Waals surface area contributed by atoms with E-state index < -0.39 is 0 Å². The minimum absolute atomic E-state index is 0.0442. The number of hydrazine groups is 1. The molecule has 17 heavy (non-hydrogen) atoms. The molecule has 1 aromatic carbocycles. The molecule has 4 nitrogen and oxygen atoms in total. The Morgan fingerprint density at radius 3 is 2.76 bits per heavy atom. The first-order valence-corrected chi connectivity index (χ1v) is 5.63. The topological polar surface area (TPSA) is 52.6 Å². The molecule has 1 aromatic rings. The molecule has 1 heterocycles. The zero-order chi connectivity index (χ0) is 12.3. The number of aliphatic hydroxyl groups excluding tert-OH is 1. The number of hydrogen-bond donors (Lipinski definition) is 2. The lowest BCUT2D eigenvalue weighted by Gasteiger charge is -2.23. The number of carbonyl (C=O) groups excluding carboxylic acids is 1. The van der Waals surface area contributed by atoms with Gasteiger partial charge in [0.25, 0.3) is 0 Å². The molecule has 92 valence electrons. The Bertz CT molecular complexity index is 394. The van der Waals surface area contributed by atoms with Crippen molar-refractivity contribution in [1.29, 1.82) is 0 Å². The number of aliphatic hydroxyl groups is 1. The summed E-state index contributed by atoms with van der Waals surface area (Å²) in [6, 6.07) is 6.08. The number of rotatable bonds is 4. The smallest absolute Gasteiger partial charge is 0.236 e. The van der Waals surface area contributed by atoms with E-state index in [1.165, 1.54) is 12.1 Å². The lowest BCUT2D eigenvalue weighted by atomic mass is 10.0. The first-order valence-electron chi connectivity index (χ1n) is 5.63. The van der Waals surface area contributed by atoms with E-state index in [0.717, 1.165) is 5.56 Å². The average Bonchev–Trinajstić information content (AvgIpc) is 2.69. The van der Waals surface area contributed by atoms with E-state index >= 15 is 0 Å². The maximum Gasteiger partial charge on any atom is 0.236 e. The summed E-state index contributed by atoms with van der Waals surface area (Å²) in [5.41, 5.74) is 3.65. The van der Waals surface area contributed by atoms with E-state index in [1.54, 1.807) is 17.1 Å². The Hall–Kier alpha value is -1.46. The summed E-state index contributed by atoms with van der Waals surface area (Å²) in [5.74, 6) is -0.329. The fourth-order valence-corrected chi connectivity index (χ4v) is 2.01. The second-order valence-corrected chi connectivity index (χ2v) is 4.08. The van der Waals surface area contributed by atoms with Gasteiger partial charge in [0.2, 0.25) is 5.91 Å². The third-order valence-electron chi connectivity index (χ3n) is 2.84. The van der Waals surface area contributed by atoms with Crippen LogP contribution >= 0.6 is 0 Å². The Balaban J connectivity index is 2.11. The molecule has 1 fully saturated rings. The number of benzene rings is 1. The summed E-state index contributed by atoms with van der Waals surface area (Å²) in [6.07, 6.45) is 0.967. The number of nitrogens with one attached hydrogen (secondary N) is 1. The van der Waals surface area contributed by atoms with Crippen molar-refractivity contribution in [3.63, 3.8) is 0 Å². The van der Waals surface area contributed by atoms with Crippen LogP contribution in [0.5, 0.6) is 0 Å². The Morgan fingerprint density at radius 2 is 2.12 bits per heavy atom. The molecule has 1 saturated heterocycles. The van der Waals surface area contributed by atoms with Crippen molar-refractivity contribution in [2.45, 2.75) is 18.9 Å². The van der Waals surface area contributed by atoms with Gasteiger partial charge in [-0.05, 0) is 24.1 Å². The highest BCUT2D eigenvalue weighted by atomic mass is 19.1. The van der Waals surface area contributed by atoms with Crippen LogP contribution in [0, 0.1) is 5.82 Å². The lowest BCUT2D eigenvalue weighted by molar-refractivity contribution is -0.121. The third-order valence-corrected chi connectivity index (χ3v) is 2.84. The summed E-state index contributed by atoms with van der Waals surface area (Å²) in [5, 5.41) is 10.6. The van der Waals surface area contributed by atoms with Crippen LogP contribution in [0.4, 0.5) is 4.39 Å². The summed E-state index contributed by atoms with van der Waals surface area (Å²) in [4.78, 5) is 11.4. The van der Waals surface area contributed by atoms with Crippen molar-refractivity contribution in [2.24, 2.45) is 0 Å². The molecular formula is C12H15FN2O2. The van der Waals surface area contributed by atoms with Gasteiger partial charge < -0.3 is 5.11 Å². The van der Waals surface area contributed by atoms with Crippen molar-refractivity contribution in [1.82, 2.24) is 10.4 Å². The molecule has 0 bridgehead atoms. The van der Waals surface area contributed by atoms with Crippen LogP contribution in [-0.2, 0) is 4.79 Å². The largest absolute Gasteiger partial charge is 0.396 e. The molecule has 1 atom stereocenters. The van der Waals surface area contributed by atoms with E-state index in [4.69, 9.17) is 5.11 Å². The zero-order valence-electron chi connectivity index (χ0n) is 9.40. The second-order valence-electron chi connectivity index (χ2n) is 4.08. The van der Waals surface area contributed by atoms with Gasteiger partial charge in [0.1, 0.15) is 5.82 Å². The lowest BCUT2D eigenvalue weighted by Crippen LogP contribution is -2.35. The molecule has 5 heteroatoms. The predicted octanol–water partition coefficient (Wildman–Crippen LogP) is 0.986. The molecule has 1 aliphatic rings. The van der Waals surface area contributed by atoms with Crippen molar-refractivity contribution in [2.75, 3.05) is 13.2 Å². The molecule has 0 aromatic heterocycles. The van der Waals surface area contributed by atoms with Gasteiger partial charge in [-0.2, -0.15) is 0 Å². The van der Waals surface area contributed by atoms with Gasteiger partial charge >= 0.3 is 0 Å². The summed E-state index contributed by atoms with van der Waals surface area (Å²) in [7, 11) is 0. The van der Waals surface area contributed by atoms with E-state index in [1.807, 2.05) is 0 Å². The van der Waals surface area contributed by atoms with Gasteiger partial charge in [0.15, 0.2) is 0 Å². The predicted molar refractivity (Wildman–Crippen MR) is 60.3 cm³/mol. The first-order chi connectivity index (χ1) is 8.20. The molecule has 0 spiro atoms. The summed E-state index contributed by atoms with van der Waals surface area (Å²) in [6.45, 7) is 0.673. The van der Waals surface area contributed by atoms with Crippen LogP contribution in [0.3, 0.4) is 0 Å². The average molecular weight is 238 g/mol. The van der Waals surface area contributed by atoms with Crippen LogP contribution in [0.1, 0.15) is 24.4 Å². The number of amides is 1. The van der Waals surface area contributed by atoms with Gasteiger partial charge in [0.05, 0.1) is 6.04 Å². The van der Waals surface area contributed by atoms with Crippen molar-refractivity contribution in [3.8, 4) is 0 Å². The maximum absolute atomic E-state index is 12.8. The molecular weight excluding hydrogens is 223 g/mol. The van der Waals surface area contributed by atoms with Crippen molar-refractivity contribution >= 4 is 5.91 Å². The molecule has 2 N–H and O–H groups in total. The van der Waals surface area contributed by atoms with Crippen LogP contribution in [0.2, 0.25) is 0 Å². The number of carbonyl (C=O) groups is 1. The summed E-state index contributed by atoms with van der Waals surface area (Å²) < 4.78 is 12.8. The molecule has 0 radical (unpaired) electrons. The molecule has 1 aliphatic heterocycles. The molecule has 1 unspecified atom stereocenters. The van der Waals surface area contributed by atoms with Crippen molar-refractivity contribution < 1.29 is 14.3 Å². The Morgan fingerprint density at radius 1 is 1.41 bits per heavy atom. The zero-order valence-corrected chi connectivity index (χ0v) is 9.40. The van der Waals surface area contributed by atoms with Gasteiger partial charge in [-0.15, -0.1) is 0 Å². The van der Waals surface area contributed by atoms with E-state index in [2.05, 4.69) is 5.43 Å². The molecule has 2 rings (SSSR count). The van der Waals surface area contributed by atoms with Crippen LogP contribution in [0.25, 0.3) is 0 Å².